The van der Waals surface area contributed by atoms with Crippen molar-refractivity contribution in [3.8, 4) is 0 Å². The molecule has 1 N–H and O–H groups in total. The number of carboxylic acid groups (broad SMARTS) is 1. The Bertz CT molecular complexity index is 519. The maximum atomic E-state index is 12.3. The zero-order valence-corrected chi connectivity index (χ0v) is 11.6. The van der Waals surface area contributed by atoms with E-state index in [4.69, 9.17) is 16.7 Å². The van der Waals surface area contributed by atoms with Crippen molar-refractivity contribution in [1.29, 1.82) is 0 Å². The lowest BCUT2D eigenvalue weighted by atomic mass is 10.3. The Hall–Kier alpha value is -1.96. The Balaban J connectivity index is 2.99. The van der Waals surface area contributed by atoms with Gasteiger partial charge in [-0.15, -0.1) is 0 Å². The molecule has 0 heterocycles. The monoisotopic (exact) mass is 324 g/mol. The van der Waals surface area contributed by atoms with Crippen LogP contribution >= 0.6 is 11.6 Å². The van der Waals surface area contributed by atoms with E-state index in [1.807, 2.05) is 0 Å². The predicted octanol–water partition coefficient (Wildman–Crippen LogP) is 2.85. The smallest absolute Gasteiger partial charge is 0.406 e. The lowest BCUT2D eigenvalue weighted by molar-refractivity contribution is -0.137. The minimum Gasteiger partial charge on any atom is -0.480 e. The average molecular weight is 325 g/mol. The van der Waals surface area contributed by atoms with Crippen molar-refractivity contribution in [1.82, 2.24) is 4.90 Å². The fourth-order valence-corrected chi connectivity index (χ4v) is 1.69. The SMILES string of the molecule is CN(CC(F)(F)F)C(=O)N(CC(=O)O)c1ccc(Cl)cc1. The minimum absolute atomic E-state index is 0.140. The molecule has 0 radical (unpaired) electrons. The molecule has 0 bridgehead atoms. The van der Waals surface area contributed by atoms with Gasteiger partial charge in [-0.05, 0) is 24.3 Å². The van der Waals surface area contributed by atoms with Gasteiger partial charge in [0.2, 0.25) is 0 Å². The number of hydrogen-bond donors (Lipinski definition) is 1. The normalized spacial score (nSPS) is 11.1. The molecule has 0 fully saturated rings. The maximum Gasteiger partial charge on any atom is 0.406 e. The predicted molar refractivity (Wildman–Crippen MR) is 70.5 cm³/mol. The summed E-state index contributed by atoms with van der Waals surface area (Å²) in [6.45, 7) is -2.24. The highest BCUT2D eigenvalue weighted by Gasteiger charge is 2.33. The molecule has 2 amide bonds. The first-order chi connectivity index (χ1) is 9.60. The number of carbonyl (C=O) groups excluding carboxylic acids is 1. The molecule has 5 nitrogen and oxygen atoms in total. The van der Waals surface area contributed by atoms with Crippen LogP contribution in [0.25, 0.3) is 0 Å². The molecule has 0 saturated carbocycles. The highest BCUT2D eigenvalue weighted by molar-refractivity contribution is 6.30. The highest BCUT2D eigenvalue weighted by atomic mass is 35.5. The third-order valence-corrected chi connectivity index (χ3v) is 2.66. The van der Waals surface area contributed by atoms with Crippen molar-refractivity contribution < 1.29 is 27.9 Å². The van der Waals surface area contributed by atoms with Gasteiger partial charge in [0.05, 0.1) is 0 Å². The number of carbonyl (C=O) groups is 2. The molecule has 1 aromatic rings. The number of rotatable bonds is 4. The quantitative estimate of drug-likeness (QED) is 0.926. The molecule has 0 aliphatic rings. The first-order valence-electron chi connectivity index (χ1n) is 5.67. The van der Waals surface area contributed by atoms with Gasteiger partial charge < -0.3 is 10.0 Å². The van der Waals surface area contributed by atoms with Crippen LogP contribution in [-0.4, -0.2) is 48.3 Å². The summed E-state index contributed by atoms with van der Waals surface area (Å²) >= 11 is 5.67. The molecule has 0 aromatic heterocycles. The van der Waals surface area contributed by atoms with Gasteiger partial charge in [0.15, 0.2) is 0 Å². The molecule has 0 saturated heterocycles. The Labute approximate surface area is 123 Å². The largest absolute Gasteiger partial charge is 0.480 e. The van der Waals surface area contributed by atoms with E-state index in [9.17, 15) is 22.8 Å². The number of alkyl halides is 3. The third kappa shape index (κ3) is 5.50. The second-order valence-corrected chi connectivity index (χ2v) is 4.65. The topological polar surface area (TPSA) is 60.9 Å². The van der Waals surface area contributed by atoms with Crippen molar-refractivity contribution in [2.24, 2.45) is 0 Å². The molecule has 9 heteroatoms. The summed E-state index contributed by atoms with van der Waals surface area (Å²) in [4.78, 5) is 23.9. The van der Waals surface area contributed by atoms with Crippen LogP contribution in [0, 0.1) is 0 Å². The lowest BCUT2D eigenvalue weighted by Gasteiger charge is -2.27. The fraction of sp³-hybridized carbons (Fsp3) is 0.333. The molecule has 0 unspecified atom stereocenters. The summed E-state index contributed by atoms with van der Waals surface area (Å²) in [6, 6.07) is 4.44. The number of anilines is 1. The van der Waals surface area contributed by atoms with E-state index in [1.165, 1.54) is 24.3 Å². The van der Waals surface area contributed by atoms with Gasteiger partial charge in [0.1, 0.15) is 13.1 Å². The first-order valence-corrected chi connectivity index (χ1v) is 6.04. The zero-order valence-electron chi connectivity index (χ0n) is 10.9. The van der Waals surface area contributed by atoms with E-state index in [0.717, 1.165) is 11.9 Å². The highest BCUT2D eigenvalue weighted by Crippen LogP contribution is 2.21. The van der Waals surface area contributed by atoms with Crippen molar-refractivity contribution in [3.05, 3.63) is 29.3 Å². The molecule has 0 aliphatic carbocycles. The zero-order chi connectivity index (χ0) is 16.2. The van der Waals surface area contributed by atoms with Gasteiger partial charge in [-0.2, -0.15) is 13.2 Å². The van der Waals surface area contributed by atoms with Gasteiger partial charge in [-0.25, -0.2) is 4.79 Å². The molecule has 116 valence electrons. The van der Waals surface area contributed by atoms with Crippen LogP contribution in [0.15, 0.2) is 24.3 Å². The molecular formula is C12H12ClF3N2O3. The van der Waals surface area contributed by atoms with E-state index < -0.39 is 31.3 Å². The van der Waals surface area contributed by atoms with E-state index in [-0.39, 0.29) is 5.69 Å². The van der Waals surface area contributed by atoms with E-state index in [0.29, 0.717) is 9.92 Å². The molecule has 0 spiro atoms. The van der Waals surface area contributed by atoms with Crippen LogP contribution in [0.3, 0.4) is 0 Å². The molecular weight excluding hydrogens is 313 g/mol. The summed E-state index contributed by atoms with van der Waals surface area (Å²) in [5.41, 5.74) is 0.140. The molecule has 0 aliphatic heterocycles. The number of carboxylic acids is 1. The van der Waals surface area contributed by atoms with Crippen molar-refractivity contribution in [2.75, 3.05) is 25.0 Å². The Morgan fingerprint density at radius 1 is 1.24 bits per heavy atom. The van der Waals surface area contributed by atoms with Crippen LogP contribution in [-0.2, 0) is 4.79 Å². The minimum atomic E-state index is -4.57. The summed E-state index contributed by atoms with van der Waals surface area (Å²) in [5, 5.41) is 9.15. The van der Waals surface area contributed by atoms with Crippen molar-refractivity contribution in [3.63, 3.8) is 0 Å². The summed E-state index contributed by atoms with van der Waals surface area (Å²) in [5.74, 6) is -1.35. The van der Waals surface area contributed by atoms with Crippen LogP contribution in [0.4, 0.5) is 23.7 Å². The number of amides is 2. The van der Waals surface area contributed by atoms with Gasteiger partial charge >= 0.3 is 18.2 Å². The fourth-order valence-electron chi connectivity index (χ4n) is 1.57. The van der Waals surface area contributed by atoms with E-state index >= 15 is 0 Å². The van der Waals surface area contributed by atoms with Gasteiger partial charge in [0.25, 0.3) is 0 Å². The standard InChI is InChI=1S/C12H12ClF3N2O3/c1-17(7-12(14,15)16)11(21)18(6-10(19)20)9-4-2-8(13)3-5-9/h2-5H,6-7H2,1H3,(H,19,20). The summed E-state index contributed by atoms with van der Waals surface area (Å²) in [7, 11) is 0.945. The summed E-state index contributed by atoms with van der Waals surface area (Å²) in [6.07, 6.45) is -4.57. The third-order valence-electron chi connectivity index (χ3n) is 2.41. The van der Waals surface area contributed by atoms with E-state index in [2.05, 4.69) is 0 Å². The lowest BCUT2D eigenvalue weighted by Crippen LogP contribution is -2.46. The van der Waals surface area contributed by atoms with Crippen molar-refractivity contribution in [2.45, 2.75) is 6.18 Å². The number of nitrogens with zero attached hydrogens (tertiary/aromatic N) is 2. The maximum absolute atomic E-state index is 12.3. The van der Waals surface area contributed by atoms with Gasteiger partial charge in [-0.3, -0.25) is 9.69 Å². The Morgan fingerprint density at radius 3 is 2.19 bits per heavy atom. The number of urea groups is 1. The Kier molecular flexibility index (Phi) is 5.42. The summed E-state index contributed by atoms with van der Waals surface area (Å²) < 4.78 is 36.9. The molecule has 0 atom stereocenters. The van der Waals surface area contributed by atoms with Crippen molar-refractivity contribution >= 4 is 29.3 Å². The van der Waals surface area contributed by atoms with Crippen LogP contribution in [0.1, 0.15) is 0 Å². The number of benzene rings is 1. The number of halogens is 4. The van der Waals surface area contributed by atoms with Gasteiger partial charge in [-0.1, -0.05) is 11.6 Å². The second-order valence-electron chi connectivity index (χ2n) is 4.21. The Morgan fingerprint density at radius 2 is 1.76 bits per heavy atom. The molecule has 1 rings (SSSR count). The van der Waals surface area contributed by atoms with Crippen LogP contribution < -0.4 is 4.90 Å². The van der Waals surface area contributed by atoms with E-state index in [1.54, 1.807) is 0 Å². The second kappa shape index (κ2) is 6.66. The molecule has 21 heavy (non-hydrogen) atoms. The number of hydrogen-bond acceptors (Lipinski definition) is 2. The van der Waals surface area contributed by atoms with Gasteiger partial charge in [0, 0.05) is 17.8 Å². The first kappa shape index (κ1) is 17.1. The number of aliphatic carboxylic acids is 1. The van der Waals surface area contributed by atoms with Crippen LogP contribution in [0.2, 0.25) is 5.02 Å². The van der Waals surface area contributed by atoms with Crippen LogP contribution in [0.5, 0.6) is 0 Å². The average Bonchev–Trinajstić information content (AvgIpc) is 2.34. The molecule has 1 aromatic carbocycles.